The molecule has 0 fully saturated rings. The van der Waals surface area contributed by atoms with Crippen molar-refractivity contribution < 1.29 is 13.2 Å². The maximum Gasteiger partial charge on any atom is 0.241 e. The fourth-order valence-corrected chi connectivity index (χ4v) is 2.80. The van der Waals surface area contributed by atoms with E-state index in [1.807, 2.05) is 19.9 Å². The molecule has 0 aliphatic heterocycles. The Kier molecular flexibility index (Phi) is 5.48. The first-order chi connectivity index (χ1) is 8.88. The van der Waals surface area contributed by atoms with Gasteiger partial charge in [-0.05, 0) is 32.4 Å². The number of aryl methyl sites for hydroxylation is 1. The van der Waals surface area contributed by atoms with Crippen molar-refractivity contribution in [3.05, 3.63) is 29.3 Å². The van der Waals surface area contributed by atoms with Gasteiger partial charge in [-0.2, -0.15) is 5.26 Å². The number of hydrogen-bond donors (Lipinski definition) is 1. The Balaban J connectivity index is 2.84. The molecule has 1 aromatic carbocycles. The summed E-state index contributed by atoms with van der Waals surface area (Å²) in [4.78, 5) is 0.0135. The molecule has 0 atom stereocenters. The zero-order valence-electron chi connectivity index (χ0n) is 11.3. The van der Waals surface area contributed by atoms with Gasteiger partial charge < -0.3 is 4.74 Å². The van der Waals surface area contributed by atoms with Crippen LogP contribution < -0.4 is 4.72 Å². The molecule has 5 nitrogen and oxygen atoms in total. The van der Waals surface area contributed by atoms with Gasteiger partial charge in [0.15, 0.2) is 0 Å². The smallest absolute Gasteiger partial charge is 0.241 e. The third kappa shape index (κ3) is 4.31. The van der Waals surface area contributed by atoms with Crippen molar-refractivity contribution in [3.63, 3.8) is 0 Å². The fourth-order valence-electron chi connectivity index (χ4n) is 1.56. The molecule has 0 saturated heterocycles. The van der Waals surface area contributed by atoms with E-state index in [4.69, 9.17) is 10.00 Å². The Morgan fingerprint density at radius 2 is 2.11 bits per heavy atom. The summed E-state index contributed by atoms with van der Waals surface area (Å²) >= 11 is 0. The molecule has 0 amide bonds. The summed E-state index contributed by atoms with van der Waals surface area (Å²) in [7, 11) is -3.68. The monoisotopic (exact) mass is 282 g/mol. The first kappa shape index (κ1) is 15.6. The Bertz CT molecular complexity index is 574. The lowest BCUT2D eigenvalue weighted by atomic mass is 10.1. The molecule has 1 aromatic rings. The van der Waals surface area contributed by atoms with E-state index in [9.17, 15) is 8.42 Å². The molecule has 6 heteroatoms. The van der Waals surface area contributed by atoms with E-state index >= 15 is 0 Å². The molecule has 0 aliphatic carbocycles. The maximum absolute atomic E-state index is 12.1. The van der Waals surface area contributed by atoms with Crippen LogP contribution in [-0.2, 0) is 14.8 Å². The zero-order chi connectivity index (χ0) is 14.5. The Labute approximate surface area is 114 Å². The van der Waals surface area contributed by atoms with Gasteiger partial charge in [-0.15, -0.1) is 0 Å². The van der Waals surface area contributed by atoms with Crippen LogP contribution in [0.3, 0.4) is 0 Å². The van der Waals surface area contributed by atoms with Crippen LogP contribution in [0.2, 0.25) is 0 Å². The van der Waals surface area contributed by atoms with Gasteiger partial charge in [-0.25, -0.2) is 13.1 Å². The van der Waals surface area contributed by atoms with E-state index in [-0.39, 0.29) is 23.1 Å². The van der Waals surface area contributed by atoms with Gasteiger partial charge >= 0.3 is 0 Å². The predicted molar refractivity (Wildman–Crippen MR) is 72.2 cm³/mol. The molecule has 0 spiro atoms. The number of nitrogens with one attached hydrogen (secondary N) is 1. The molecule has 0 bridgehead atoms. The number of hydrogen-bond acceptors (Lipinski definition) is 4. The molecule has 1 N–H and O–H groups in total. The van der Waals surface area contributed by atoms with Crippen molar-refractivity contribution in [2.24, 2.45) is 0 Å². The molecular weight excluding hydrogens is 264 g/mol. The van der Waals surface area contributed by atoms with Crippen LogP contribution in [0.1, 0.15) is 25.0 Å². The zero-order valence-corrected chi connectivity index (χ0v) is 12.1. The van der Waals surface area contributed by atoms with E-state index in [2.05, 4.69) is 4.72 Å². The Morgan fingerprint density at radius 1 is 1.42 bits per heavy atom. The summed E-state index contributed by atoms with van der Waals surface area (Å²) in [5.74, 6) is 0. The van der Waals surface area contributed by atoms with Crippen molar-refractivity contribution >= 4 is 10.0 Å². The third-order valence-corrected chi connectivity index (χ3v) is 3.98. The topological polar surface area (TPSA) is 79.2 Å². The van der Waals surface area contributed by atoms with Crippen molar-refractivity contribution in [2.45, 2.75) is 31.8 Å². The maximum atomic E-state index is 12.1. The minimum atomic E-state index is -3.68. The highest BCUT2D eigenvalue weighted by Crippen LogP contribution is 2.17. The highest BCUT2D eigenvalue weighted by molar-refractivity contribution is 7.89. The third-order valence-electron chi connectivity index (χ3n) is 2.48. The normalized spacial score (nSPS) is 11.5. The van der Waals surface area contributed by atoms with Gasteiger partial charge in [0.05, 0.1) is 23.2 Å². The van der Waals surface area contributed by atoms with Crippen LogP contribution in [-0.4, -0.2) is 27.7 Å². The molecule has 0 heterocycles. The molecular formula is C13H18N2O3S. The summed E-state index contributed by atoms with van der Waals surface area (Å²) in [5, 5.41) is 9.04. The average molecular weight is 282 g/mol. The van der Waals surface area contributed by atoms with Crippen LogP contribution in [0.15, 0.2) is 23.1 Å². The number of sulfonamides is 1. The fraction of sp³-hybridized carbons (Fsp3) is 0.462. The molecule has 0 aromatic heterocycles. The van der Waals surface area contributed by atoms with E-state index in [1.54, 1.807) is 19.1 Å². The highest BCUT2D eigenvalue weighted by Gasteiger charge is 2.19. The molecule has 1 rings (SSSR count). The van der Waals surface area contributed by atoms with Crippen LogP contribution in [0.4, 0.5) is 0 Å². The van der Waals surface area contributed by atoms with Gasteiger partial charge in [-0.1, -0.05) is 12.1 Å². The second-order valence-corrected chi connectivity index (χ2v) is 6.11. The molecule has 0 saturated carbocycles. The van der Waals surface area contributed by atoms with Crippen LogP contribution in [0.5, 0.6) is 0 Å². The number of benzene rings is 1. The average Bonchev–Trinajstić information content (AvgIpc) is 2.34. The SMILES string of the molecule is Cc1cccc(S(=O)(=O)NCCOC(C)C)c1C#N. The summed E-state index contributed by atoms with van der Waals surface area (Å²) in [6, 6.07) is 6.68. The van der Waals surface area contributed by atoms with Crippen LogP contribution in [0.25, 0.3) is 0 Å². The Morgan fingerprint density at radius 3 is 2.68 bits per heavy atom. The van der Waals surface area contributed by atoms with Crippen molar-refractivity contribution in [3.8, 4) is 6.07 Å². The number of ether oxygens (including phenoxy) is 1. The van der Waals surface area contributed by atoms with Crippen molar-refractivity contribution in [1.29, 1.82) is 5.26 Å². The van der Waals surface area contributed by atoms with Gasteiger partial charge in [-0.3, -0.25) is 0 Å². The van der Waals surface area contributed by atoms with E-state index < -0.39 is 10.0 Å². The van der Waals surface area contributed by atoms with Gasteiger partial charge in [0.1, 0.15) is 6.07 Å². The Hall–Kier alpha value is -1.42. The van der Waals surface area contributed by atoms with E-state index in [1.165, 1.54) is 6.07 Å². The van der Waals surface area contributed by atoms with E-state index in [0.717, 1.165) is 0 Å². The van der Waals surface area contributed by atoms with Gasteiger partial charge in [0, 0.05) is 6.54 Å². The molecule has 19 heavy (non-hydrogen) atoms. The minimum Gasteiger partial charge on any atom is -0.377 e. The molecule has 0 unspecified atom stereocenters. The molecule has 104 valence electrons. The molecule has 0 radical (unpaired) electrons. The number of nitrogens with zero attached hydrogens (tertiary/aromatic N) is 1. The standard InChI is InChI=1S/C13H18N2O3S/c1-10(2)18-8-7-15-19(16,17)13-6-4-5-11(3)12(13)9-14/h4-6,10,15H,7-8H2,1-3H3. The van der Waals surface area contributed by atoms with Gasteiger partial charge in [0.2, 0.25) is 10.0 Å². The first-order valence-corrected chi connectivity index (χ1v) is 7.47. The van der Waals surface area contributed by atoms with Crippen LogP contribution in [0, 0.1) is 18.3 Å². The van der Waals surface area contributed by atoms with Crippen LogP contribution >= 0.6 is 0 Å². The largest absolute Gasteiger partial charge is 0.377 e. The predicted octanol–water partition coefficient (Wildman–Crippen LogP) is 1.57. The lowest BCUT2D eigenvalue weighted by molar-refractivity contribution is 0.0834. The first-order valence-electron chi connectivity index (χ1n) is 5.99. The lowest BCUT2D eigenvalue weighted by Crippen LogP contribution is -2.29. The lowest BCUT2D eigenvalue weighted by Gasteiger charge is -2.11. The second kappa shape index (κ2) is 6.66. The summed E-state index contributed by atoms with van der Waals surface area (Å²) in [5.41, 5.74) is 0.823. The van der Waals surface area contributed by atoms with Crippen molar-refractivity contribution in [2.75, 3.05) is 13.2 Å². The summed E-state index contributed by atoms with van der Waals surface area (Å²) in [6.07, 6.45) is 0.0538. The second-order valence-electron chi connectivity index (χ2n) is 4.38. The number of nitriles is 1. The summed E-state index contributed by atoms with van der Waals surface area (Å²) < 4.78 is 31.9. The quantitative estimate of drug-likeness (QED) is 0.803. The van der Waals surface area contributed by atoms with E-state index in [0.29, 0.717) is 12.2 Å². The number of rotatable bonds is 6. The van der Waals surface area contributed by atoms with Gasteiger partial charge in [0.25, 0.3) is 0 Å². The minimum absolute atomic E-state index is 0.0135. The molecule has 0 aliphatic rings. The summed E-state index contributed by atoms with van der Waals surface area (Å²) in [6.45, 7) is 5.94. The highest BCUT2D eigenvalue weighted by atomic mass is 32.2. The van der Waals surface area contributed by atoms with Crippen molar-refractivity contribution in [1.82, 2.24) is 4.72 Å².